The van der Waals surface area contributed by atoms with Gasteiger partial charge in [-0.05, 0) is 39.0 Å². The first-order valence-corrected chi connectivity index (χ1v) is 8.14. The van der Waals surface area contributed by atoms with Crippen LogP contribution in [0.1, 0.15) is 19.4 Å². The molecule has 0 fully saturated rings. The normalized spacial score (nSPS) is 16.8. The molecule has 1 aliphatic rings. The van der Waals surface area contributed by atoms with Crippen molar-refractivity contribution < 1.29 is 14.3 Å². The summed E-state index contributed by atoms with van der Waals surface area (Å²) in [7, 11) is 0. The molecule has 6 heteroatoms. The Morgan fingerprint density at radius 2 is 1.87 bits per heavy atom. The van der Waals surface area contributed by atoms with Crippen molar-refractivity contribution in [3.05, 3.63) is 58.2 Å². The number of hydrogen-bond donors (Lipinski definition) is 0. The molecule has 0 radical (unpaired) electrons. The van der Waals surface area contributed by atoms with Gasteiger partial charge in [0, 0.05) is 11.5 Å². The standard InChI is InChI=1S/C17H20N2O2S.ClH/c1-4-20-15-11-17(16(21-5-2)10-14(15)19-18)22-13-8-6-12(3)7-9-13;/h6-11,15H,4-5H2,1-3H3;1H. The minimum atomic E-state index is -0.354. The number of nitrogens with zero attached hydrogens (tertiary/aromatic N) is 2. The van der Waals surface area contributed by atoms with E-state index < -0.39 is 0 Å². The van der Waals surface area contributed by atoms with Gasteiger partial charge in [-0.2, -0.15) is 4.79 Å². The molecule has 0 N–H and O–H groups in total. The van der Waals surface area contributed by atoms with Gasteiger partial charge in [-0.25, -0.2) is 0 Å². The van der Waals surface area contributed by atoms with Crippen molar-refractivity contribution in [3.8, 4) is 0 Å². The van der Waals surface area contributed by atoms with Gasteiger partial charge in [0.25, 0.3) is 0 Å². The molecule has 23 heavy (non-hydrogen) atoms. The maximum Gasteiger partial charge on any atom is 0.328 e. The zero-order valence-corrected chi connectivity index (χ0v) is 15.1. The summed E-state index contributed by atoms with van der Waals surface area (Å²) in [6.45, 7) is 7.00. The predicted molar refractivity (Wildman–Crippen MR) is 96.1 cm³/mol. The van der Waals surface area contributed by atoms with E-state index in [1.807, 2.05) is 19.9 Å². The Morgan fingerprint density at radius 3 is 2.43 bits per heavy atom. The topological polar surface area (TPSA) is 54.9 Å². The van der Waals surface area contributed by atoms with Crippen LogP contribution >= 0.6 is 24.2 Å². The van der Waals surface area contributed by atoms with E-state index in [2.05, 4.69) is 36.0 Å². The smallest absolute Gasteiger partial charge is 0.328 e. The summed E-state index contributed by atoms with van der Waals surface area (Å²) in [4.78, 5) is 5.41. The molecular formula is C17H21ClN2O2S. The van der Waals surface area contributed by atoms with Crippen LogP contribution in [0.25, 0.3) is 5.53 Å². The maximum atomic E-state index is 9.15. The summed E-state index contributed by atoms with van der Waals surface area (Å²) < 4.78 is 11.3. The highest BCUT2D eigenvalue weighted by atomic mass is 35.5. The van der Waals surface area contributed by atoms with E-state index in [9.17, 15) is 0 Å². The fraction of sp³-hybridized carbons (Fsp3) is 0.353. The van der Waals surface area contributed by atoms with E-state index in [0.29, 0.717) is 24.7 Å². The molecule has 1 unspecified atom stereocenters. The zero-order valence-electron chi connectivity index (χ0n) is 13.5. The first-order valence-electron chi connectivity index (χ1n) is 7.32. The quantitative estimate of drug-likeness (QED) is 0.563. The number of ether oxygens (including phenoxy) is 2. The molecule has 0 saturated heterocycles. The van der Waals surface area contributed by atoms with Crippen LogP contribution in [0.3, 0.4) is 0 Å². The van der Waals surface area contributed by atoms with Gasteiger partial charge < -0.3 is 15.0 Å². The van der Waals surface area contributed by atoms with E-state index in [0.717, 1.165) is 9.80 Å². The van der Waals surface area contributed by atoms with Crippen LogP contribution < -0.4 is 0 Å². The molecule has 124 valence electrons. The lowest BCUT2D eigenvalue weighted by Gasteiger charge is -2.19. The minimum Gasteiger partial charge on any atom is -0.492 e. The molecule has 0 aliphatic heterocycles. The van der Waals surface area contributed by atoms with Crippen molar-refractivity contribution in [1.29, 1.82) is 0 Å². The number of benzene rings is 1. The van der Waals surface area contributed by atoms with Gasteiger partial charge in [-0.3, -0.25) is 0 Å². The Labute approximate surface area is 147 Å². The largest absolute Gasteiger partial charge is 0.492 e. The van der Waals surface area contributed by atoms with E-state index in [4.69, 9.17) is 15.0 Å². The Hall–Kier alpha value is -1.52. The van der Waals surface area contributed by atoms with E-state index >= 15 is 0 Å². The first kappa shape index (κ1) is 19.5. The summed E-state index contributed by atoms with van der Waals surface area (Å²) in [5, 5.41) is 0. The van der Waals surface area contributed by atoms with Crippen molar-refractivity contribution >= 4 is 29.9 Å². The Balaban J connectivity index is 0.00000264. The SMILES string of the molecule is CCOC1=CC(=[N+]=[N-])C(OCC)C=C1Sc1ccc(C)cc1.Cl. The highest BCUT2D eigenvalue weighted by Gasteiger charge is 2.28. The van der Waals surface area contributed by atoms with Crippen molar-refractivity contribution in [2.45, 2.75) is 31.8 Å². The van der Waals surface area contributed by atoms with Gasteiger partial charge in [-0.15, -0.1) is 12.4 Å². The van der Waals surface area contributed by atoms with Crippen molar-refractivity contribution in [3.63, 3.8) is 0 Å². The highest BCUT2D eigenvalue weighted by Crippen LogP contribution is 2.35. The lowest BCUT2D eigenvalue weighted by molar-refractivity contribution is -0.0221. The van der Waals surface area contributed by atoms with Crippen LogP contribution in [0.4, 0.5) is 0 Å². The second-order valence-corrected chi connectivity index (χ2v) is 5.90. The van der Waals surface area contributed by atoms with Crippen molar-refractivity contribution in [2.75, 3.05) is 13.2 Å². The van der Waals surface area contributed by atoms with Crippen LogP contribution in [-0.4, -0.2) is 29.8 Å². The molecular weight excluding hydrogens is 332 g/mol. The second kappa shape index (κ2) is 9.58. The average Bonchev–Trinajstić information content (AvgIpc) is 2.52. The summed E-state index contributed by atoms with van der Waals surface area (Å²) >= 11 is 1.61. The predicted octanol–water partition coefficient (Wildman–Crippen LogP) is 4.40. The van der Waals surface area contributed by atoms with Crippen molar-refractivity contribution in [1.82, 2.24) is 0 Å². The summed E-state index contributed by atoms with van der Waals surface area (Å²) in [6, 6.07) is 8.32. The molecule has 1 aliphatic carbocycles. The number of rotatable bonds is 6. The highest BCUT2D eigenvalue weighted by molar-refractivity contribution is 8.03. The van der Waals surface area contributed by atoms with Crippen LogP contribution in [0.15, 0.2) is 52.0 Å². The molecule has 0 bridgehead atoms. The van der Waals surface area contributed by atoms with E-state index in [-0.39, 0.29) is 18.5 Å². The second-order valence-electron chi connectivity index (χ2n) is 4.79. The summed E-state index contributed by atoms with van der Waals surface area (Å²) in [5.74, 6) is 0.705. The van der Waals surface area contributed by atoms with Crippen LogP contribution in [-0.2, 0) is 9.47 Å². The molecule has 0 amide bonds. The average molecular weight is 353 g/mol. The lowest BCUT2D eigenvalue weighted by Crippen LogP contribution is -2.25. The third kappa shape index (κ3) is 5.26. The number of hydrogen-bond acceptors (Lipinski definition) is 3. The molecule has 2 rings (SSSR count). The Morgan fingerprint density at radius 1 is 1.17 bits per heavy atom. The van der Waals surface area contributed by atoms with Crippen LogP contribution in [0.2, 0.25) is 0 Å². The third-order valence-corrected chi connectivity index (χ3v) is 4.19. The molecule has 0 aromatic heterocycles. The molecule has 0 heterocycles. The Kier molecular flexibility index (Phi) is 8.13. The fourth-order valence-electron chi connectivity index (χ4n) is 2.08. The fourth-order valence-corrected chi connectivity index (χ4v) is 3.01. The van der Waals surface area contributed by atoms with Gasteiger partial charge in [0.15, 0.2) is 6.10 Å². The van der Waals surface area contributed by atoms with Crippen molar-refractivity contribution in [2.24, 2.45) is 0 Å². The summed E-state index contributed by atoms with van der Waals surface area (Å²) in [5.41, 5.74) is 10.8. The zero-order chi connectivity index (χ0) is 15.9. The third-order valence-electron chi connectivity index (χ3n) is 3.13. The molecule has 0 spiro atoms. The number of halogens is 1. The molecule has 0 saturated carbocycles. The minimum absolute atomic E-state index is 0. The summed E-state index contributed by atoms with van der Waals surface area (Å²) in [6.07, 6.45) is 3.32. The van der Waals surface area contributed by atoms with E-state index in [1.54, 1.807) is 17.8 Å². The van der Waals surface area contributed by atoms with Crippen LogP contribution in [0, 0.1) is 6.92 Å². The van der Waals surface area contributed by atoms with Gasteiger partial charge in [0.1, 0.15) is 5.76 Å². The van der Waals surface area contributed by atoms with Gasteiger partial charge in [0.2, 0.25) is 0 Å². The number of aryl methyl sites for hydroxylation is 1. The lowest BCUT2D eigenvalue weighted by atomic mass is 10.1. The van der Waals surface area contributed by atoms with Gasteiger partial charge >= 0.3 is 5.71 Å². The maximum absolute atomic E-state index is 9.15. The Bertz CT molecular complexity index is 634. The van der Waals surface area contributed by atoms with Crippen LogP contribution in [0.5, 0.6) is 0 Å². The molecule has 1 aromatic carbocycles. The van der Waals surface area contributed by atoms with Gasteiger partial charge in [0.05, 0.1) is 17.6 Å². The molecule has 1 aromatic rings. The number of thioether (sulfide) groups is 1. The monoisotopic (exact) mass is 352 g/mol. The first-order chi connectivity index (χ1) is 10.7. The van der Waals surface area contributed by atoms with Gasteiger partial charge in [-0.1, -0.05) is 29.5 Å². The molecule has 4 nitrogen and oxygen atoms in total. The molecule has 1 atom stereocenters. The van der Waals surface area contributed by atoms with E-state index in [1.165, 1.54) is 5.56 Å².